The molecule has 1 nitrogen and oxygen atoms in total. The van der Waals surface area contributed by atoms with Crippen molar-refractivity contribution in [1.29, 1.82) is 0 Å². The van der Waals surface area contributed by atoms with Crippen molar-refractivity contribution in [2.75, 3.05) is 0 Å². The molecule has 2 N–H and O–H groups in total. The molecule has 1 atom stereocenters. The lowest BCUT2D eigenvalue weighted by Crippen LogP contribution is -2.04. The Bertz CT molecular complexity index is 257. The summed E-state index contributed by atoms with van der Waals surface area (Å²) in [5, 5.41) is 0. The highest BCUT2D eigenvalue weighted by atomic mass is 14.6. The van der Waals surface area contributed by atoms with E-state index in [9.17, 15) is 0 Å². The predicted octanol–water partition coefficient (Wildman–Crippen LogP) is 2.58. The van der Waals surface area contributed by atoms with Gasteiger partial charge >= 0.3 is 0 Å². The van der Waals surface area contributed by atoms with Crippen LogP contribution in [-0.4, -0.2) is 0 Å². The van der Waals surface area contributed by atoms with Crippen molar-refractivity contribution < 1.29 is 0 Å². The quantitative estimate of drug-likeness (QED) is 0.708. The molecule has 1 aromatic rings. The maximum Gasteiger partial charge on any atom is 0.0266 e. The summed E-state index contributed by atoms with van der Waals surface area (Å²) in [4.78, 5) is 0. The molecular weight excluding hydrogens is 146 g/mol. The summed E-state index contributed by atoms with van der Waals surface area (Å²) in [6.07, 6.45) is 2.73. The topological polar surface area (TPSA) is 26.0 Å². The molecule has 0 aliphatic heterocycles. The van der Waals surface area contributed by atoms with E-state index in [2.05, 4.69) is 24.3 Å². The van der Waals surface area contributed by atoms with E-state index in [-0.39, 0.29) is 6.04 Å². The van der Waals surface area contributed by atoms with E-state index < -0.39 is 0 Å². The molecule has 0 spiro atoms. The molecule has 0 aromatic heterocycles. The molecule has 2 rings (SSSR count). The summed E-state index contributed by atoms with van der Waals surface area (Å²) < 4.78 is 0. The molecule has 1 saturated carbocycles. The van der Waals surface area contributed by atoms with Gasteiger partial charge in [-0.2, -0.15) is 0 Å². The third-order valence-electron chi connectivity index (χ3n) is 2.49. The Morgan fingerprint density at radius 2 is 2.17 bits per heavy atom. The van der Waals surface area contributed by atoms with Crippen molar-refractivity contribution in [3.05, 3.63) is 35.4 Å². The van der Waals surface area contributed by atoms with Crippen LogP contribution >= 0.6 is 0 Å². The van der Waals surface area contributed by atoms with Gasteiger partial charge in [0.25, 0.3) is 0 Å². The smallest absolute Gasteiger partial charge is 0.0266 e. The molecule has 1 fully saturated rings. The van der Waals surface area contributed by atoms with Crippen LogP contribution in [0.4, 0.5) is 0 Å². The molecule has 12 heavy (non-hydrogen) atoms. The number of hydrogen-bond acceptors (Lipinski definition) is 1. The van der Waals surface area contributed by atoms with E-state index in [4.69, 9.17) is 5.73 Å². The fourth-order valence-corrected chi connectivity index (χ4v) is 1.51. The van der Waals surface area contributed by atoms with Crippen LogP contribution in [0.5, 0.6) is 0 Å². The Morgan fingerprint density at radius 1 is 1.42 bits per heavy atom. The van der Waals surface area contributed by atoms with Gasteiger partial charge in [0.1, 0.15) is 0 Å². The molecule has 1 aromatic carbocycles. The minimum Gasteiger partial charge on any atom is -0.324 e. The minimum atomic E-state index is 0.170. The van der Waals surface area contributed by atoms with Gasteiger partial charge in [-0.05, 0) is 36.8 Å². The highest BCUT2D eigenvalue weighted by molar-refractivity contribution is 5.30. The van der Waals surface area contributed by atoms with Crippen LogP contribution in [0.15, 0.2) is 24.3 Å². The average molecular weight is 161 g/mol. The van der Waals surface area contributed by atoms with Gasteiger partial charge < -0.3 is 5.73 Å². The van der Waals surface area contributed by atoms with Crippen LogP contribution in [0.1, 0.15) is 42.9 Å². The molecule has 64 valence electrons. The lowest BCUT2D eigenvalue weighted by atomic mass is 10.0. The molecule has 0 bridgehead atoms. The van der Waals surface area contributed by atoms with Crippen LogP contribution in [0.2, 0.25) is 0 Å². The molecule has 0 radical (unpaired) electrons. The highest BCUT2D eigenvalue weighted by Crippen LogP contribution is 2.40. The van der Waals surface area contributed by atoms with Crippen molar-refractivity contribution in [3.8, 4) is 0 Å². The van der Waals surface area contributed by atoms with Crippen molar-refractivity contribution in [2.24, 2.45) is 5.73 Å². The zero-order valence-electron chi connectivity index (χ0n) is 7.46. The Hall–Kier alpha value is -0.820. The van der Waals surface area contributed by atoms with Crippen molar-refractivity contribution >= 4 is 0 Å². The summed E-state index contributed by atoms with van der Waals surface area (Å²) >= 11 is 0. The number of nitrogens with two attached hydrogens (primary N) is 1. The van der Waals surface area contributed by atoms with Gasteiger partial charge in [0.05, 0.1) is 0 Å². The van der Waals surface area contributed by atoms with Gasteiger partial charge in [-0.3, -0.25) is 0 Å². The van der Waals surface area contributed by atoms with Crippen LogP contribution in [0, 0.1) is 0 Å². The fourth-order valence-electron chi connectivity index (χ4n) is 1.51. The monoisotopic (exact) mass is 161 g/mol. The van der Waals surface area contributed by atoms with E-state index in [1.807, 2.05) is 6.92 Å². The number of hydrogen-bond donors (Lipinski definition) is 1. The Morgan fingerprint density at radius 3 is 2.75 bits per heavy atom. The Kier molecular flexibility index (Phi) is 1.89. The fraction of sp³-hybridized carbons (Fsp3) is 0.455. The Balaban J connectivity index is 2.26. The highest BCUT2D eigenvalue weighted by Gasteiger charge is 2.23. The first-order chi connectivity index (χ1) is 5.77. The summed E-state index contributed by atoms with van der Waals surface area (Å²) in [6.45, 7) is 2.03. The van der Waals surface area contributed by atoms with Crippen molar-refractivity contribution in [2.45, 2.75) is 31.7 Å². The molecular formula is C11H15N. The van der Waals surface area contributed by atoms with E-state index in [1.54, 1.807) is 0 Å². The molecule has 0 amide bonds. The maximum absolute atomic E-state index is 5.80. The third kappa shape index (κ3) is 1.51. The van der Waals surface area contributed by atoms with Gasteiger partial charge in [-0.15, -0.1) is 0 Å². The van der Waals surface area contributed by atoms with Crippen LogP contribution in [0.3, 0.4) is 0 Å². The second kappa shape index (κ2) is 2.91. The van der Waals surface area contributed by atoms with Crippen LogP contribution in [-0.2, 0) is 0 Å². The van der Waals surface area contributed by atoms with Crippen molar-refractivity contribution in [3.63, 3.8) is 0 Å². The second-order valence-corrected chi connectivity index (χ2v) is 3.73. The SMILES string of the molecule is C[C@H](N)c1cccc(C2CC2)c1. The molecule has 0 unspecified atom stereocenters. The van der Waals surface area contributed by atoms with E-state index in [0.29, 0.717) is 0 Å². The molecule has 0 saturated heterocycles. The van der Waals surface area contributed by atoms with E-state index >= 15 is 0 Å². The number of rotatable bonds is 2. The van der Waals surface area contributed by atoms with Crippen molar-refractivity contribution in [1.82, 2.24) is 0 Å². The van der Waals surface area contributed by atoms with Gasteiger partial charge in [0.15, 0.2) is 0 Å². The minimum absolute atomic E-state index is 0.170. The third-order valence-corrected chi connectivity index (χ3v) is 2.49. The molecule has 0 heterocycles. The lowest BCUT2D eigenvalue weighted by Gasteiger charge is -2.06. The summed E-state index contributed by atoms with van der Waals surface area (Å²) in [5.74, 6) is 0.837. The lowest BCUT2D eigenvalue weighted by molar-refractivity contribution is 0.815. The van der Waals surface area contributed by atoms with Gasteiger partial charge in [0, 0.05) is 6.04 Å². The largest absolute Gasteiger partial charge is 0.324 e. The second-order valence-electron chi connectivity index (χ2n) is 3.73. The molecule has 1 aliphatic rings. The predicted molar refractivity (Wildman–Crippen MR) is 51.0 cm³/mol. The molecule has 1 heteroatoms. The summed E-state index contributed by atoms with van der Waals surface area (Å²) in [5.41, 5.74) is 8.54. The zero-order valence-corrected chi connectivity index (χ0v) is 7.46. The maximum atomic E-state index is 5.80. The van der Waals surface area contributed by atoms with Crippen LogP contribution in [0.25, 0.3) is 0 Å². The van der Waals surface area contributed by atoms with Gasteiger partial charge in [-0.25, -0.2) is 0 Å². The average Bonchev–Trinajstić information content (AvgIpc) is 2.87. The van der Waals surface area contributed by atoms with E-state index in [1.165, 1.54) is 24.0 Å². The normalized spacial score (nSPS) is 19.2. The first-order valence-electron chi connectivity index (χ1n) is 4.63. The number of benzene rings is 1. The zero-order chi connectivity index (χ0) is 8.55. The van der Waals surface area contributed by atoms with Gasteiger partial charge in [-0.1, -0.05) is 24.3 Å². The summed E-state index contributed by atoms with van der Waals surface area (Å²) in [6, 6.07) is 8.86. The Labute approximate surface area is 73.6 Å². The molecule has 1 aliphatic carbocycles. The summed E-state index contributed by atoms with van der Waals surface area (Å²) in [7, 11) is 0. The first-order valence-corrected chi connectivity index (χ1v) is 4.63. The first kappa shape index (κ1) is 7.81. The van der Waals surface area contributed by atoms with E-state index in [0.717, 1.165) is 5.92 Å². The standard InChI is InChI=1S/C11H15N/c1-8(12)10-3-2-4-11(7-10)9-5-6-9/h2-4,7-9H,5-6,12H2,1H3/t8-/m0/s1. The van der Waals surface area contributed by atoms with Gasteiger partial charge in [0.2, 0.25) is 0 Å². The van der Waals surface area contributed by atoms with Crippen LogP contribution < -0.4 is 5.73 Å².